The number of rotatable bonds is 2. The molecule has 0 atom stereocenters. The second kappa shape index (κ2) is 4.93. The third kappa shape index (κ3) is 2.59. The second-order valence-electron chi connectivity index (χ2n) is 3.43. The lowest BCUT2D eigenvalue weighted by Crippen LogP contribution is -2.18. The maximum Gasteiger partial charge on any atom is 0.273 e. The number of hydrogen-bond donors (Lipinski definition) is 2. The molecule has 0 saturated heterocycles. The van der Waals surface area contributed by atoms with E-state index in [2.05, 4.69) is 15.3 Å². The molecule has 2 aromatic rings. The Kier molecular flexibility index (Phi) is 3.16. The van der Waals surface area contributed by atoms with E-state index in [0.29, 0.717) is 11.4 Å². The monoisotopic (exact) mass is 240 g/mol. The van der Waals surface area contributed by atoms with Crippen molar-refractivity contribution in [1.82, 2.24) is 9.97 Å². The summed E-state index contributed by atoms with van der Waals surface area (Å²) < 4.78 is 0. The molecule has 2 N–H and O–H groups in total. The molecule has 2 aromatic heterocycles. The van der Waals surface area contributed by atoms with Crippen LogP contribution in [0.4, 0.5) is 5.82 Å². The summed E-state index contributed by atoms with van der Waals surface area (Å²) in [7, 11) is 0. The molecule has 88 valence electrons. The first-order valence-corrected chi connectivity index (χ1v) is 5.06. The van der Waals surface area contributed by atoms with Crippen LogP contribution in [0.1, 0.15) is 16.1 Å². The summed E-state index contributed by atoms with van der Waals surface area (Å²) >= 11 is 0. The lowest BCUT2D eigenvalue weighted by molar-refractivity contribution is 0.102. The highest BCUT2D eigenvalue weighted by molar-refractivity contribution is 6.02. The van der Waals surface area contributed by atoms with Crippen molar-refractivity contribution in [2.45, 2.75) is 0 Å². The van der Waals surface area contributed by atoms with Crippen LogP contribution in [0, 0.1) is 11.3 Å². The van der Waals surface area contributed by atoms with E-state index < -0.39 is 5.91 Å². The van der Waals surface area contributed by atoms with Gasteiger partial charge in [0.2, 0.25) is 5.56 Å². The average molecular weight is 240 g/mol. The summed E-state index contributed by atoms with van der Waals surface area (Å²) in [6.45, 7) is 0. The Bertz CT molecular complexity index is 667. The summed E-state index contributed by atoms with van der Waals surface area (Å²) in [4.78, 5) is 29.1. The number of carbonyl (C=O) groups is 1. The number of H-pyrrole nitrogens is 1. The lowest BCUT2D eigenvalue weighted by Gasteiger charge is -2.03. The summed E-state index contributed by atoms with van der Waals surface area (Å²) in [5, 5.41) is 11.1. The summed E-state index contributed by atoms with van der Waals surface area (Å²) in [5.74, 6) is -0.159. The number of nitrogens with zero attached hydrogens (tertiary/aromatic N) is 2. The molecule has 0 aliphatic heterocycles. The van der Waals surface area contributed by atoms with Gasteiger partial charge in [-0.05, 0) is 18.2 Å². The van der Waals surface area contributed by atoms with Crippen molar-refractivity contribution in [1.29, 1.82) is 5.26 Å². The van der Waals surface area contributed by atoms with E-state index in [-0.39, 0.29) is 11.3 Å². The first kappa shape index (κ1) is 11.5. The molecule has 0 saturated carbocycles. The Labute approximate surface area is 102 Å². The maximum absolute atomic E-state index is 11.7. The van der Waals surface area contributed by atoms with E-state index in [9.17, 15) is 9.59 Å². The van der Waals surface area contributed by atoms with Crippen LogP contribution < -0.4 is 10.9 Å². The van der Waals surface area contributed by atoms with Crippen LogP contribution in [-0.2, 0) is 0 Å². The molecular weight excluding hydrogens is 232 g/mol. The minimum absolute atomic E-state index is 0.147. The van der Waals surface area contributed by atoms with Gasteiger partial charge in [-0.15, -0.1) is 0 Å². The van der Waals surface area contributed by atoms with Crippen LogP contribution in [0.2, 0.25) is 0 Å². The van der Waals surface area contributed by atoms with Crippen molar-refractivity contribution in [3.63, 3.8) is 0 Å². The molecule has 0 aliphatic carbocycles. The van der Waals surface area contributed by atoms with E-state index in [1.807, 2.05) is 6.07 Å². The second-order valence-corrected chi connectivity index (χ2v) is 3.43. The normalized spacial score (nSPS) is 9.50. The van der Waals surface area contributed by atoms with Crippen LogP contribution >= 0.6 is 0 Å². The third-order valence-electron chi connectivity index (χ3n) is 2.15. The number of pyridine rings is 2. The molecule has 2 rings (SSSR count). The quantitative estimate of drug-likeness (QED) is 0.814. The zero-order chi connectivity index (χ0) is 13.0. The minimum atomic E-state index is -0.468. The van der Waals surface area contributed by atoms with Gasteiger partial charge in [-0.25, -0.2) is 4.98 Å². The molecule has 1 amide bonds. The molecule has 0 bridgehead atoms. The van der Waals surface area contributed by atoms with Gasteiger partial charge < -0.3 is 10.3 Å². The molecule has 0 radical (unpaired) electrons. The van der Waals surface area contributed by atoms with Crippen molar-refractivity contribution in [2.24, 2.45) is 0 Å². The third-order valence-corrected chi connectivity index (χ3v) is 2.15. The topological polar surface area (TPSA) is 98.6 Å². The number of aromatic amines is 1. The van der Waals surface area contributed by atoms with Crippen molar-refractivity contribution >= 4 is 11.7 Å². The Morgan fingerprint density at radius 3 is 2.78 bits per heavy atom. The first-order valence-electron chi connectivity index (χ1n) is 5.06. The van der Waals surface area contributed by atoms with Crippen molar-refractivity contribution in [3.8, 4) is 6.07 Å². The van der Waals surface area contributed by atoms with E-state index in [4.69, 9.17) is 5.26 Å². The summed E-state index contributed by atoms with van der Waals surface area (Å²) in [5.41, 5.74) is 0.199. The molecule has 0 unspecified atom stereocenters. The highest BCUT2D eigenvalue weighted by Crippen LogP contribution is 2.05. The molecule has 18 heavy (non-hydrogen) atoms. The van der Waals surface area contributed by atoms with Crippen molar-refractivity contribution in [3.05, 3.63) is 58.1 Å². The molecule has 6 heteroatoms. The predicted octanol–water partition coefficient (Wildman–Crippen LogP) is 0.894. The SMILES string of the molecule is N#Cc1ccc(NC(=O)c2cccc(=O)[nH]2)nc1. The molecule has 6 nitrogen and oxygen atoms in total. The standard InChI is InChI=1S/C12H8N4O2/c13-6-8-4-5-10(14-7-8)16-12(18)9-2-1-3-11(17)15-9/h1-5,7H,(H,15,17)(H,14,16,18). The lowest BCUT2D eigenvalue weighted by atomic mass is 10.3. The predicted molar refractivity (Wildman–Crippen MR) is 64.0 cm³/mol. The highest BCUT2D eigenvalue weighted by atomic mass is 16.2. The molecule has 2 heterocycles. The van der Waals surface area contributed by atoms with Crippen LogP contribution in [0.3, 0.4) is 0 Å². The van der Waals surface area contributed by atoms with Crippen LogP contribution in [0.15, 0.2) is 41.3 Å². The molecule has 0 aliphatic rings. The number of nitriles is 1. The Balaban J connectivity index is 2.16. The number of carbonyl (C=O) groups excluding carboxylic acids is 1. The molecule has 0 aromatic carbocycles. The van der Waals surface area contributed by atoms with Gasteiger partial charge in [0.05, 0.1) is 5.56 Å². The number of anilines is 1. The summed E-state index contributed by atoms with van der Waals surface area (Å²) in [6.07, 6.45) is 1.35. The van der Waals surface area contributed by atoms with Crippen molar-refractivity contribution in [2.75, 3.05) is 5.32 Å². The maximum atomic E-state index is 11.7. The van der Waals surface area contributed by atoms with Crippen LogP contribution in [0.5, 0.6) is 0 Å². The van der Waals surface area contributed by atoms with Crippen LogP contribution in [0.25, 0.3) is 0 Å². The van der Waals surface area contributed by atoms with Crippen LogP contribution in [-0.4, -0.2) is 15.9 Å². The van der Waals surface area contributed by atoms with Gasteiger partial charge in [0, 0.05) is 12.3 Å². The smallest absolute Gasteiger partial charge is 0.273 e. The zero-order valence-corrected chi connectivity index (χ0v) is 9.18. The number of hydrogen-bond acceptors (Lipinski definition) is 4. The minimum Gasteiger partial charge on any atom is -0.318 e. The van der Waals surface area contributed by atoms with Crippen molar-refractivity contribution < 1.29 is 4.79 Å². The fraction of sp³-hybridized carbons (Fsp3) is 0. The molecule has 0 spiro atoms. The number of amides is 1. The van der Waals surface area contributed by atoms with Gasteiger partial charge in [0.25, 0.3) is 5.91 Å². The average Bonchev–Trinajstić information content (AvgIpc) is 2.39. The van der Waals surface area contributed by atoms with Gasteiger partial charge in [0.1, 0.15) is 17.6 Å². The van der Waals surface area contributed by atoms with E-state index in [1.165, 1.54) is 36.5 Å². The Morgan fingerprint density at radius 1 is 1.33 bits per heavy atom. The van der Waals surface area contributed by atoms with Gasteiger partial charge in [-0.3, -0.25) is 9.59 Å². The largest absolute Gasteiger partial charge is 0.318 e. The highest BCUT2D eigenvalue weighted by Gasteiger charge is 2.07. The zero-order valence-electron chi connectivity index (χ0n) is 9.18. The Hall–Kier alpha value is -2.94. The van der Waals surface area contributed by atoms with E-state index in [1.54, 1.807) is 0 Å². The fourth-order valence-corrected chi connectivity index (χ4v) is 1.30. The van der Waals surface area contributed by atoms with Gasteiger partial charge >= 0.3 is 0 Å². The van der Waals surface area contributed by atoms with E-state index in [0.717, 1.165) is 0 Å². The fourth-order valence-electron chi connectivity index (χ4n) is 1.30. The van der Waals surface area contributed by atoms with E-state index >= 15 is 0 Å². The Morgan fingerprint density at radius 2 is 2.17 bits per heavy atom. The summed E-state index contributed by atoms with van der Waals surface area (Å²) in [6, 6.07) is 9.26. The van der Waals surface area contributed by atoms with Gasteiger partial charge in [-0.2, -0.15) is 5.26 Å². The van der Waals surface area contributed by atoms with Gasteiger partial charge in [0.15, 0.2) is 0 Å². The van der Waals surface area contributed by atoms with Gasteiger partial charge in [-0.1, -0.05) is 6.07 Å². The first-order chi connectivity index (χ1) is 8.69. The molecular formula is C12H8N4O2. The molecule has 0 fully saturated rings. The number of aromatic nitrogens is 2. The number of nitrogens with one attached hydrogen (secondary N) is 2.